The SMILES string of the molecule is CCN(C)C=Nc1cc2c(cc1C)C(c1ccccc1Cl)OCC2. The van der Waals surface area contributed by atoms with Gasteiger partial charge in [0.2, 0.25) is 0 Å². The maximum absolute atomic E-state index is 6.39. The third-order valence-electron chi connectivity index (χ3n) is 4.48. The van der Waals surface area contributed by atoms with Crippen LogP contribution in [0.25, 0.3) is 0 Å². The molecule has 0 N–H and O–H groups in total. The third-order valence-corrected chi connectivity index (χ3v) is 4.82. The fourth-order valence-electron chi connectivity index (χ4n) is 2.93. The van der Waals surface area contributed by atoms with E-state index in [1.807, 2.05) is 37.7 Å². The highest BCUT2D eigenvalue weighted by Crippen LogP contribution is 2.38. The van der Waals surface area contributed by atoms with Gasteiger partial charge in [-0.2, -0.15) is 0 Å². The summed E-state index contributed by atoms with van der Waals surface area (Å²) < 4.78 is 6.05. The molecule has 0 amide bonds. The lowest BCUT2D eigenvalue weighted by Gasteiger charge is -2.28. The number of aryl methyl sites for hydroxylation is 1. The van der Waals surface area contributed by atoms with Crippen LogP contribution in [-0.2, 0) is 11.2 Å². The standard InChI is InChI=1S/C20H23ClN2O/c1-4-23(3)13-22-19-12-15-9-10-24-20(17(15)11-14(19)2)16-7-5-6-8-18(16)21/h5-8,11-13,20H,4,9-10H2,1-3H3. The molecule has 2 aromatic carbocycles. The fraction of sp³-hybridized carbons (Fsp3) is 0.350. The Morgan fingerprint density at radius 2 is 2.08 bits per heavy atom. The molecule has 0 spiro atoms. The lowest BCUT2D eigenvalue weighted by molar-refractivity contribution is 0.0699. The number of ether oxygens (including phenoxy) is 1. The Balaban J connectivity index is 1.99. The molecule has 3 nitrogen and oxygen atoms in total. The van der Waals surface area contributed by atoms with Crippen molar-refractivity contribution in [2.75, 3.05) is 20.2 Å². The number of rotatable bonds is 4. The van der Waals surface area contributed by atoms with Crippen LogP contribution in [0.2, 0.25) is 5.02 Å². The molecule has 24 heavy (non-hydrogen) atoms. The summed E-state index contributed by atoms with van der Waals surface area (Å²) in [6.07, 6.45) is 2.69. The molecule has 1 atom stereocenters. The molecule has 0 saturated heterocycles. The normalized spacial score (nSPS) is 17.1. The smallest absolute Gasteiger partial charge is 0.109 e. The predicted octanol–water partition coefficient (Wildman–Crippen LogP) is 4.92. The number of benzene rings is 2. The van der Waals surface area contributed by atoms with Gasteiger partial charge in [-0.3, -0.25) is 0 Å². The van der Waals surface area contributed by atoms with Crippen LogP contribution in [-0.4, -0.2) is 31.4 Å². The van der Waals surface area contributed by atoms with E-state index in [9.17, 15) is 0 Å². The molecule has 3 rings (SSSR count). The molecule has 1 unspecified atom stereocenters. The second kappa shape index (κ2) is 7.37. The highest BCUT2D eigenvalue weighted by Gasteiger charge is 2.25. The molecule has 4 heteroatoms. The van der Waals surface area contributed by atoms with Crippen molar-refractivity contribution < 1.29 is 4.74 Å². The molecule has 1 aliphatic heterocycles. The zero-order chi connectivity index (χ0) is 17.1. The minimum Gasteiger partial charge on any atom is -0.368 e. The van der Waals surface area contributed by atoms with Gasteiger partial charge < -0.3 is 9.64 Å². The number of nitrogens with zero attached hydrogens (tertiary/aromatic N) is 2. The van der Waals surface area contributed by atoms with E-state index in [-0.39, 0.29) is 6.10 Å². The van der Waals surface area contributed by atoms with Crippen molar-refractivity contribution in [3.63, 3.8) is 0 Å². The first kappa shape index (κ1) is 17.0. The van der Waals surface area contributed by atoms with E-state index in [4.69, 9.17) is 16.3 Å². The minimum absolute atomic E-state index is 0.0995. The Morgan fingerprint density at radius 1 is 1.29 bits per heavy atom. The maximum Gasteiger partial charge on any atom is 0.109 e. The van der Waals surface area contributed by atoms with Gasteiger partial charge in [0, 0.05) is 24.2 Å². The summed E-state index contributed by atoms with van der Waals surface area (Å²) in [5.41, 5.74) is 5.70. The monoisotopic (exact) mass is 342 g/mol. The molecule has 0 bridgehead atoms. The molecule has 0 saturated carbocycles. The van der Waals surface area contributed by atoms with Crippen molar-refractivity contribution in [1.29, 1.82) is 0 Å². The topological polar surface area (TPSA) is 24.8 Å². The average Bonchev–Trinajstić information content (AvgIpc) is 2.59. The Morgan fingerprint density at radius 3 is 2.83 bits per heavy atom. The van der Waals surface area contributed by atoms with Crippen LogP contribution in [0, 0.1) is 6.92 Å². The quantitative estimate of drug-likeness (QED) is 0.581. The second-order valence-electron chi connectivity index (χ2n) is 6.18. The van der Waals surface area contributed by atoms with Crippen LogP contribution in [0.4, 0.5) is 5.69 Å². The van der Waals surface area contributed by atoms with Crippen LogP contribution in [0.15, 0.2) is 41.4 Å². The van der Waals surface area contributed by atoms with E-state index in [0.29, 0.717) is 6.61 Å². The van der Waals surface area contributed by atoms with E-state index < -0.39 is 0 Å². The predicted molar refractivity (Wildman–Crippen MR) is 101 cm³/mol. The van der Waals surface area contributed by atoms with Gasteiger partial charge in [-0.1, -0.05) is 35.9 Å². The summed E-state index contributed by atoms with van der Waals surface area (Å²) in [7, 11) is 2.03. The molecule has 0 radical (unpaired) electrons. The largest absolute Gasteiger partial charge is 0.368 e. The van der Waals surface area contributed by atoms with Crippen LogP contribution < -0.4 is 0 Å². The van der Waals surface area contributed by atoms with Gasteiger partial charge >= 0.3 is 0 Å². The molecular weight excluding hydrogens is 320 g/mol. The van der Waals surface area contributed by atoms with E-state index in [1.165, 1.54) is 11.1 Å². The van der Waals surface area contributed by atoms with Gasteiger partial charge in [-0.25, -0.2) is 4.99 Å². The van der Waals surface area contributed by atoms with Crippen LogP contribution in [0.1, 0.15) is 35.3 Å². The number of fused-ring (bicyclic) bond motifs is 1. The molecule has 1 heterocycles. The number of hydrogen-bond acceptors (Lipinski definition) is 2. The summed E-state index contributed by atoms with van der Waals surface area (Å²) in [5, 5.41) is 0.750. The molecule has 1 aliphatic rings. The maximum atomic E-state index is 6.39. The third kappa shape index (κ3) is 3.47. The Kier molecular flexibility index (Phi) is 5.22. The van der Waals surface area contributed by atoms with E-state index in [0.717, 1.165) is 34.8 Å². The van der Waals surface area contributed by atoms with Crippen LogP contribution in [0.3, 0.4) is 0 Å². The molecule has 0 fully saturated rings. The van der Waals surface area contributed by atoms with Gasteiger partial charge in [-0.15, -0.1) is 0 Å². The summed E-state index contributed by atoms with van der Waals surface area (Å²) in [6.45, 7) is 5.84. The Hall–Kier alpha value is -1.84. The summed E-state index contributed by atoms with van der Waals surface area (Å²) >= 11 is 6.39. The Labute approximate surface area is 148 Å². The van der Waals surface area contributed by atoms with Crippen molar-refractivity contribution >= 4 is 23.6 Å². The van der Waals surface area contributed by atoms with E-state index >= 15 is 0 Å². The first-order valence-electron chi connectivity index (χ1n) is 8.34. The van der Waals surface area contributed by atoms with Crippen LogP contribution in [0.5, 0.6) is 0 Å². The van der Waals surface area contributed by atoms with E-state index in [1.54, 1.807) is 0 Å². The first-order chi connectivity index (χ1) is 11.6. The molecule has 0 aliphatic carbocycles. The Bertz CT molecular complexity index is 757. The molecule has 2 aromatic rings. The lowest BCUT2D eigenvalue weighted by Crippen LogP contribution is -2.18. The second-order valence-corrected chi connectivity index (χ2v) is 6.58. The molecule has 0 aromatic heterocycles. The number of aliphatic imine (C=N–C) groups is 1. The van der Waals surface area contributed by atoms with Crippen molar-refractivity contribution in [2.45, 2.75) is 26.4 Å². The highest BCUT2D eigenvalue weighted by molar-refractivity contribution is 6.31. The highest BCUT2D eigenvalue weighted by atomic mass is 35.5. The van der Waals surface area contributed by atoms with Gasteiger partial charge in [0.25, 0.3) is 0 Å². The van der Waals surface area contributed by atoms with Crippen molar-refractivity contribution in [1.82, 2.24) is 4.90 Å². The summed E-state index contributed by atoms with van der Waals surface area (Å²) in [4.78, 5) is 6.70. The molecule has 126 valence electrons. The van der Waals surface area contributed by atoms with Crippen LogP contribution >= 0.6 is 11.6 Å². The van der Waals surface area contributed by atoms with Gasteiger partial charge in [0.15, 0.2) is 0 Å². The minimum atomic E-state index is -0.0995. The van der Waals surface area contributed by atoms with Gasteiger partial charge in [-0.05, 0) is 49.1 Å². The summed E-state index contributed by atoms with van der Waals surface area (Å²) in [6, 6.07) is 12.3. The van der Waals surface area contributed by atoms with Crippen molar-refractivity contribution in [2.24, 2.45) is 4.99 Å². The van der Waals surface area contributed by atoms with Crippen molar-refractivity contribution in [3.8, 4) is 0 Å². The number of halogens is 1. The fourth-order valence-corrected chi connectivity index (χ4v) is 3.16. The number of hydrogen-bond donors (Lipinski definition) is 0. The summed E-state index contributed by atoms with van der Waals surface area (Å²) in [5.74, 6) is 0. The van der Waals surface area contributed by atoms with Gasteiger partial charge in [0.05, 0.1) is 18.6 Å². The van der Waals surface area contributed by atoms with Crippen molar-refractivity contribution in [3.05, 3.63) is 63.7 Å². The zero-order valence-corrected chi connectivity index (χ0v) is 15.2. The van der Waals surface area contributed by atoms with Gasteiger partial charge in [0.1, 0.15) is 6.10 Å². The first-order valence-corrected chi connectivity index (χ1v) is 8.71. The molecular formula is C20H23ClN2O. The van der Waals surface area contributed by atoms with E-state index in [2.05, 4.69) is 35.9 Å². The zero-order valence-electron chi connectivity index (χ0n) is 14.4. The average molecular weight is 343 g/mol. The lowest BCUT2D eigenvalue weighted by atomic mass is 9.91.